The molecule has 0 aliphatic rings. The minimum atomic E-state index is -0.116. The lowest BCUT2D eigenvalue weighted by molar-refractivity contribution is -0.633. The van der Waals surface area contributed by atoms with Crippen LogP contribution in [0.1, 0.15) is 147 Å². The Morgan fingerprint density at radius 1 is 0.228 bits per heavy atom. The fourth-order valence-corrected chi connectivity index (χ4v) is 16.6. The van der Waals surface area contributed by atoms with Crippen molar-refractivity contribution in [1.82, 2.24) is 0 Å². The van der Waals surface area contributed by atoms with Crippen LogP contribution in [0.15, 0.2) is 194 Å². The summed E-state index contributed by atoms with van der Waals surface area (Å²) in [4.78, 5) is 0. The summed E-state index contributed by atoms with van der Waals surface area (Å²) >= 11 is 0. The predicted molar refractivity (Wildman–Crippen MR) is 470 cm³/mol. The van der Waals surface area contributed by atoms with Gasteiger partial charge in [0, 0.05) is 116 Å². The first-order chi connectivity index (χ1) is 54.3. The molecule has 0 spiro atoms. The third-order valence-electron chi connectivity index (χ3n) is 23.8. The quantitative estimate of drug-likeness (QED) is 0.0908. The van der Waals surface area contributed by atoms with Crippen LogP contribution in [-0.2, 0) is 73.8 Å². The highest BCUT2D eigenvalue weighted by molar-refractivity contribution is 5.86. The van der Waals surface area contributed by atoms with E-state index in [-0.39, 0.29) is 23.3 Å². The fraction of sp³-hybridized carbons (Fsp3) is 0.286. The zero-order valence-corrected chi connectivity index (χ0v) is 72.0. The Labute approximate surface area is 675 Å². The number of nitrogens with zero attached hydrogens (tertiary/aromatic N) is 5. The van der Waals surface area contributed by atoms with Gasteiger partial charge in [-0.1, -0.05) is 118 Å². The number of aryl methyl sites for hydroxylation is 21. The zero-order valence-electron chi connectivity index (χ0n) is 72.0. The van der Waals surface area contributed by atoms with Crippen molar-refractivity contribution in [2.45, 2.75) is 170 Å². The van der Waals surface area contributed by atoms with Crippen LogP contribution in [0.25, 0.3) is 111 Å². The molecule has 0 saturated heterocycles. The van der Waals surface area contributed by atoms with Crippen molar-refractivity contribution in [3.05, 3.63) is 323 Å². The van der Waals surface area contributed by atoms with Gasteiger partial charge in [0.1, 0.15) is 58.5 Å². The second kappa shape index (κ2) is 35.6. The van der Waals surface area contributed by atoms with E-state index >= 15 is 0 Å². The maximum Gasteiger partial charge on any atom is 0.213 e. The lowest BCUT2D eigenvalue weighted by atomic mass is 9.95. The van der Waals surface area contributed by atoms with Crippen LogP contribution < -0.4 is 22.8 Å². The van der Waals surface area contributed by atoms with Crippen LogP contribution in [0, 0.1) is 113 Å². The van der Waals surface area contributed by atoms with E-state index in [1.165, 1.54) is 128 Å². The van der Waals surface area contributed by atoms with E-state index in [0.717, 1.165) is 101 Å². The highest BCUT2D eigenvalue weighted by atomic mass is 19.1. The summed E-state index contributed by atoms with van der Waals surface area (Å²) in [6.07, 6.45) is 4.96. The first kappa shape index (κ1) is 83.9. The first-order valence-corrected chi connectivity index (χ1v) is 40.6. The molecule has 9 heteroatoms. The van der Waals surface area contributed by atoms with Crippen LogP contribution in [0.5, 0.6) is 0 Å². The van der Waals surface area contributed by atoms with E-state index in [1.54, 1.807) is 24.3 Å². The van der Waals surface area contributed by atoms with Gasteiger partial charge in [-0.3, -0.25) is 0 Å². The number of halogens is 4. The van der Waals surface area contributed by atoms with E-state index in [4.69, 9.17) is 0 Å². The molecule has 0 atom stereocenters. The lowest BCUT2D eigenvalue weighted by Gasteiger charge is -2.12. The molecule has 15 rings (SSSR count). The van der Waals surface area contributed by atoms with Crippen molar-refractivity contribution < 1.29 is 40.4 Å². The summed E-state index contributed by atoms with van der Waals surface area (Å²) in [5.41, 5.74) is 40.6. The summed E-state index contributed by atoms with van der Waals surface area (Å²) in [6, 6.07) is 66.4. The molecular weight excluding hydrogens is 1410 g/mol. The third-order valence-corrected chi connectivity index (χ3v) is 23.8. The van der Waals surface area contributed by atoms with Crippen molar-refractivity contribution in [1.29, 1.82) is 0 Å². The molecule has 5 nitrogen and oxygen atoms in total. The number of hydrogen-bond donors (Lipinski definition) is 0. The summed E-state index contributed by atoms with van der Waals surface area (Å²) in [5.74, 6) is -0.463. The van der Waals surface area contributed by atoms with E-state index in [9.17, 15) is 17.6 Å². The topological polar surface area (TPSA) is 19.4 Å². The number of rotatable bonds is 11. The molecule has 584 valence electrons. The minimum Gasteiger partial charge on any atom is -0.207 e. The Morgan fingerprint density at radius 2 is 0.553 bits per heavy atom. The summed E-state index contributed by atoms with van der Waals surface area (Å²) in [6.45, 7) is 40.4. The van der Waals surface area contributed by atoms with Crippen molar-refractivity contribution in [2.75, 3.05) is 0 Å². The smallest absolute Gasteiger partial charge is 0.207 e. The molecule has 114 heavy (non-hydrogen) atoms. The van der Waals surface area contributed by atoms with Gasteiger partial charge in [-0.05, 0) is 280 Å². The predicted octanol–water partition coefficient (Wildman–Crippen LogP) is 24.6. The van der Waals surface area contributed by atoms with Gasteiger partial charge in [-0.15, -0.1) is 0 Å². The van der Waals surface area contributed by atoms with Crippen molar-refractivity contribution in [2.24, 2.45) is 35.2 Å². The summed E-state index contributed by atoms with van der Waals surface area (Å²) in [5, 5.41) is 5.25. The second-order valence-corrected chi connectivity index (χ2v) is 31.5. The maximum absolute atomic E-state index is 14.0. The van der Waals surface area contributed by atoms with E-state index < -0.39 is 0 Å². The number of pyridine rings is 5. The molecule has 0 aliphatic carbocycles. The Bertz CT molecular complexity index is 6090. The third kappa shape index (κ3) is 17.2. The molecule has 0 N–H and O–H groups in total. The zero-order chi connectivity index (χ0) is 82.6. The van der Waals surface area contributed by atoms with Gasteiger partial charge in [0.25, 0.3) is 0 Å². The Balaban J connectivity index is 0.000000141. The number of aromatic nitrogens is 5. The molecule has 0 fully saturated rings. The Kier molecular flexibility index (Phi) is 26.2. The van der Waals surface area contributed by atoms with Crippen LogP contribution in [0.2, 0.25) is 0 Å². The number of fused-ring (bicyclic) bond motifs is 5. The summed E-state index contributed by atoms with van der Waals surface area (Å²) < 4.78 is 67.1. The largest absolute Gasteiger partial charge is 0.213 e. The molecule has 0 amide bonds. The highest BCUT2D eigenvalue weighted by Crippen LogP contribution is 2.34. The van der Waals surface area contributed by atoms with Crippen LogP contribution in [0.4, 0.5) is 17.6 Å². The van der Waals surface area contributed by atoms with E-state index in [0.29, 0.717) is 25.7 Å². The van der Waals surface area contributed by atoms with Gasteiger partial charge in [0.2, 0.25) is 56.1 Å². The molecule has 0 bridgehead atoms. The molecule has 0 saturated carbocycles. The molecule has 15 aromatic rings. The Morgan fingerprint density at radius 3 is 0.904 bits per heavy atom. The molecule has 0 aliphatic heterocycles. The highest BCUT2D eigenvalue weighted by Gasteiger charge is 2.26. The monoisotopic (exact) mass is 1520 g/mol. The van der Waals surface area contributed by atoms with Crippen LogP contribution in [0.3, 0.4) is 0 Å². The fourth-order valence-electron chi connectivity index (χ4n) is 16.6. The first-order valence-electron chi connectivity index (χ1n) is 40.6. The second-order valence-electron chi connectivity index (χ2n) is 31.5. The summed E-state index contributed by atoms with van der Waals surface area (Å²) in [7, 11) is 10.4. The molecule has 0 radical (unpaired) electrons. The van der Waals surface area contributed by atoms with Gasteiger partial charge in [0.05, 0.1) is 10.8 Å². The standard InChI is InChI=1S/C23H28N.2C21H23FN.2C20H21FN/c1-7-18-13-19(8-2)20-9-10-22(24(6)23(20)14-18)21-12-15(3)11-16(4)17(21)5;1-6-16-17-7-9-21(23(5)20(17)10-8-19(16)22)18-12-13(2)11-14(3)15(18)4;1-6-16-12-21-17(11-19(16)22)7-8-20(23(21)5)18-10-13(2)9-14(3)15(18)4;1-5-15-16-8-10-20(17-12-13(2)6-7-14(17)3)22(4)19(16)11-9-18(15)21;1-5-15-12-20-16(11-18(15)21)8-9-19(22(20)4)17-10-13(2)6-7-14(17)3/h9-14H,7-8H2,1-6H3;2*7-12H,6H2,1-5H3;2*6-12H,5H2,1-4H3/q5*+1. The van der Waals surface area contributed by atoms with E-state index in [2.05, 4.69) is 289 Å². The molecule has 5 heterocycles. The SMILES string of the molecule is CCc1c(F)ccc2c1ccc(-c1cc(C)cc(C)c1C)[n+]2C.CCc1c(F)ccc2c1ccc(-c1cc(C)ccc1C)[n+]2C.CCc1cc(CC)c2ccc(-c3cc(C)cc(C)c3C)[n+](C)c2c1.CCc1cc2c(ccc(-c3cc(C)cc(C)c3C)[n+]2C)cc1F.CCc1cc2c(ccc(-c3cc(C)ccc3C)[n+]2C)cc1F. The van der Waals surface area contributed by atoms with Crippen molar-refractivity contribution >= 4 is 54.5 Å². The Hall–Kier alpha value is -11.0. The molecule has 10 aromatic carbocycles. The number of benzene rings is 10. The normalized spacial score (nSPS) is 11.2. The molecular formula is C105H116F4N5+5. The van der Waals surface area contributed by atoms with Gasteiger partial charge in [-0.25, -0.2) is 17.6 Å². The van der Waals surface area contributed by atoms with Gasteiger partial charge < -0.3 is 0 Å². The average molecular weight is 1520 g/mol. The maximum atomic E-state index is 14.0. The average Bonchev–Trinajstić information content (AvgIpc) is 0.779. The van der Waals surface area contributed by atoms with Crippen molar-refractivity contribution in [3.63, 3.8) is 0 Å². The van der Waals surface area contributed by atoms with Crippen LogP contribution >= 0.6 is 0 Å². The van der Waals surface area contributed by atoms with Gasteiger partial charge in [-0.2, -0.15) is 22.8 Å². The van der Waals surface area contributed by atoms with E-state index in [1.807, 2.05) is 70.2 Å². The minimum absolute atomic E-state index is 0.115. The molecule has 5 aromatic heterocycles. The van der Waals surface area contributed by atoms with Crippen molar-refractivity contribution in [3.8, 4) is 56.3 Å². The van der Waals surface area contributed by atoms with Gasteiger partial charge >= 0.3 is 0 Å². The van der Waals surface area contributed by atoms with Gasteiger partial charge in [0.15, 0.2) is 0 Å². The lowest BCUT2D eigenvalue weighted by Crippen LogP contribution is -2.32. The van der Waals surface area contributed by atoms with Crippen LogP contribution in [-0.4, -0.2) is 0 Å². The number of hydrogen-bond acceptors (Lipinski definition) is 0. The molecule has 0 unspecified atom stereocenters.